The minimum atomic E-state index is -0.897. The van der Waals surface area contributed by atoms with Crippen LogP contribution in [-0.4, -0.2) is 22.2 Å². The average molecular weight is 317 g/mol. The van der Waals surface area contributed by atoms with Crippen molar-refractivity contribution < 1.29 is 29.4 Å². The summed E-state index contributed by atoms with van der Waals surface area (Å²) in [5, 5.41) is 18.7. The summed E-state index contributed by atoms with van der Waals surface area (Å²) >= 11 is 0. The molecule has 0 fully saturated rings. The molecule has 0 aliphatic rings. The number of phenols is 1. The van der Waals surface area contributed by atoms with Crippen LogP contribution in [0.2, 0.25) is 0 Å². The maximum absolute atomic E-state index is 11.7. The van der Waals surface area contributed by atoms with Crippen LogP contribution >= 0.6 is 0 Å². The van der Waals surface area contributed by atoms with Gasteiger partial charge in [0.1, 0.15) is 6.61 Å². The molecule has 0 heterocycles. The fourth-order valence-electron chi connectivity index (χ4n) is 1.91. The first-order chi connectivity index (χ1) is 11.0. The zero-order valence-electron chi connectivity index (χ0n) is 12.3. The third kappa shape index (κ3) is 3.98. The smallest absolute Gasteiger partial charge is 0.308 e. The molecule has 3 N–H and O–H groups in total. The molecular weight excluding hydrogens is 302 g/mol. The van der Waals surface area contributed by atoms with Gasteiger partial charge in [0.2, 0.25) is 5.75 Å². The number of benzene rings is 2. The molecule has 0 saturated carbocycles. The van der Waals surface area contributed by atoms with Crippen LogP contribution in [0.15, 0.2) is 42.5 Å². The van der Waals surface area contributed by atoms with Gasteiger partial charge in [0.05, 0.1) is 5.56 Å². The van der Waals surface area contributed by atoms with Gasteiger partial charge in [-0.3, -0.25) is 14.8 Å². The first kappa shape index (κ1) is 16.3. The van der Waals surface area contributed by atoms with E-state index in [2.05, 4.69) is 0 Å². The number of amides is 1. The number of rotatable bonds is 5. The standard InChI is InChI=1S/C16H15NO6/c1-10(18)23-14-12(16(20)17-21)7-8-13(19)15(14)22-9-11-5-3-2-4-6-11/h2-8,19,21H,9H2,1H3,(H,17,20). The van der Waals surface area contributed by atoms with E-state index in [1.54, 1.807) is 0 Å². The summed E-state index contributed by atoms with van der Waals surface area (Å²) in [5.41, 5.74) is 2.12. The molecule has 0 atom stereocenters. The summed E-state index contributed by atoms with van der Waals surface area (Å²) in [4.78, 5) is 22.9. The van der Waals surface area contributed by atoms with E-state index in [1.807, 2.05) is 30.3 Å². The zero-order chi connectivity index (χ0) is 16.8. The highest BCUT2D eigenvalue weighted by atomic mass is 16.6. The van der Waals surface area contributed by atoms with Crippen LogP contribution in [0, 0.1) is 0 Å². The van der Waals surface area contributed by atoms with E-state index in [0.717, 1.165) is 12.5 Å². The number of hydrogen-bond acceptors (Lipinski definition) is 6. The van der Waals surface area contributed by atoms with Crippen molar-refractivity contribution in [2.75, 3.05) is 0 Å². The molecule has 0 spiro atoms. The highest BCUT2D eigenvalue weighted by Crippen LogP contribution is 2.40. The molecular formula is C16H15NO6. The van der Waals surface area contributed by atoms with Crippen molar-refractivity contribution in [3.05, 3.63) is 53.6 Å². The molecule has 2 aromatic carbocycles. The van der Waals surface area contributed by atoms with Gasteiger partial charge >= 0.3 is 5.97 Å². The third-order valence-electron chi connectivity index (χ3n) is 2.91. The zero-order valence-corrected chi connectivity index (χ0v) is 12.3. The molecule has 7 nitrogen and oxygen atoms in total. The largest absolute Gasteiger partial charge is 0.504 e. The maximum atomic E-state index is 11.7. The summed E-state index contributed by atoms with van der Waals surface area (Å²) in [5.74, 6) is -2.32. The van der Waals surface area contributed by atoms with Gasteiger partial charge in [-0.25, -0.2) is 5.48 Å². The second-order valence-corrected chi connectivity index (χ2v) is 4.60. The highest BCUT2D eigenvalue weighted by molar-refractivity contribution is 5.98. The highest BCUT2D eigenvalue weighted by Gasteiger charge is 2.22. The van der Waals surface area contributed by atoms with E-state index in [9.17, 15) is 14.7 Å². The molecule has 0 unspecified atom stereocenters. The van der Waals surface area contributed by atoms with Crippen molar-refractivity contribution in [2.45, 2.75) is 13.5 Å². The molecule has 120 valence electrons. The number of phenolic OH excluding ortho intramolecular Hbond substituents is 1. The monoisotopic (exact) mass is 317 g/mol. The molecule has 0 bridgehead atoms. The Balaban J connectivity index is 2.39. The SMILES string of the molecule is CC(=O)Oc1c(C(=O)NO)ccc(O)c1OCc1ccccc1. The molecule has 2 aromatic rings. The van der Waals surface area contributed by atoms with Crippen LogP contribution in [0.3, 0.4) is 0 Å². The number of aromatic hydroxyl groups is 1. The lowest BCUT2D eigenvalue weighted by Crippen LogP contribution is -2.20. The molecule has 0 saturated heterocycles. The van der Waals surface area contributed by atoms with E-state index in [0.29, 0.717) is 0 Å². The molecule has 0 radical (unpaired) electrons. The predicted molar refractivity (Wildman–Crippen MR) is 79.4 cm³/mol. The van der Waals surface area contributed by atoms with Gasteiger partial charge in [-0.2, -0.15) is 0 Å². The van der Waals surface area contributed by atoms with Crippen LogP contribution in [0.5, 0.6) is 17.2 Å². The summed E-state index contributed by atoms with van der Waals surface area (Å²) in [6, 6.07) is 11.5. The quantitative estimate of drug-likeness (QED) is 0.337. The van der Waals surface area contributed by atoms with Gasteiger partial charge in [0.25, 0.3) is 5.91 Å². The van der Waals surface area contributed by atoms with Crippen LogP contribution in [-0.2, 0) is 11.4 Å². The minimum Gasteiger partial charge on any atom is -0.504 e. The van der Waals surface area contributed by atoms with E-state index in [4.69, 9.17) is 14.7 Å². The van der Waals surface area contributed by atoms with Crippen molar-refractivity contribution in [3.63, 3.8) is 0 Å². The lowest BCUT2D eigenvalue weighted by molar-refractivity contribution is -0.132. The molecule has 2 rings (SSSR count). The Morgan fingerprint density at radius 3 is 2.39 bits per heavy atom. The Morgan fingerprint density at radius 2 is 1.78 bits per heavy atom. The Kier molecular flexibility index (Phi) is 5.16. The number of nitrogens with one attached hydrogen (secondary N) is 1. The lowest BCUT2D eigenvalue weighted by atomic mass is 10.1. The molecule has 0 aromatic heterocycles. The van der Waals surface area contributed by atoms with Gasteiger partial charge in [-0.05, 0) is 17.7 Å². The fourth-order valence-corrected chi connectivity index (χ4v) is 1.91. The predicted octanol–water partition coefficient (Wildman–Crippen LogP) is 2.02. The van der Waals surface area contributed by atoms with E-state index in [-0.39, 0.29) is 29.4 Å². The van der Waals surface area contributed by atoms with Crippen molar-refractivity contribution >= 4 is 11.9 Å². The van der Waals surface area contributed by atoms with Crippen LogP contribution in [0.1, 0.15) is 22.8 Å². The van der Waals surface area contributed by atoms with Gasteiger partial charge in [-0.1, -0.05) is 30.3 Å². The van der Waals surface area contributed by atoms with Crippen LogP contribution in [0.25, 0.3) is 0 Å². The van der Waals surface area contributed by atoms with Gasteiger partial charge in [0.15, 0.2) is 11.5 Å². The third-order valence-corrected chi connectivity index (χ3v) is 2.91. The summed E-state index contributed by atoms with van der Waals surface area (Å²) in [6.45, 7) is 1.23. The van der Waals surface area contributed by atoms with Gasteiger partial charge in [0, 0.05) is 6.92 Å². The molecule has 0 aliphatic carbocycles. The molecule has 1 amide bonds. The van der Waals surface area contributed by atoms with E-state index in [1.165, 1.54) is 17.6 Å². The Morgan fingerprint density at radius 1 is 1.09 bits per heavy atom. The van der Waals surface area contributed by atoms with Crippen molar-refractivity contribution in [3.8, 4) is 17.2 Å². The second kappa shape index (κ2) is 7.28. The minimum absolute atomic E-state index is 0.0901. The summed E-state index contributed by atoms with van der Waals surface area (Å²) in [7, 11) is 0. The molecule has 7 heteroatoms. The second-order valence-electron chi connectivity index (χ2n) is 4.60. The summed E-state index contributed by atoms with van der Waals surface area (Å²) in [6.07, 6.45) is 0. The first-order valence-electron chi connectivity index (χ1n) is 6.68. The Labute approximate surface area is 132 Å². The fraction of sp³-hybridized carbons (Fsp3) is 0.125. The number of hydroxylamine groups is 1. The number of esters is 1. The van der Waals surface area contributed by atoms with E-state index >= 15 is 0 Å². The topological polar surface area (TPSA) is 105 Å². The molecule has 23 heavy (non-hydrogen) atoms. The molecule has 0 aliphatic heterocycles. The lowest BCUT2D eigenvalue weighted by Gasteiger charge is -2.15. The normalized spacial score (nSPS) is 10.0. The van der Waals surface area contributed by atoms with E-state index < -0.39 is 11.9 Å². The number of carbonyl (C=O) groups excluding carboxylic acids is 2. The van der Waals surface area contributed by atoms with Crippen LogP contribution in [0.4, 0.5) is 0 Å². The average Bonchev–Trinajstić information content (AvgIpc) is 2.54. The number of hydrogen-bond donors (Lipinski definition) is 3. The Bertz CT molecular complexity index is 714. The van der Waals surface area contributed by atoms with Crippen molar-refractivity contribution in [1.29, 1.82) is 0 Å². The van der Waals surface area contributed by atoms with Crippen molar-refractivity contribution in [2.24, 2.45) is 0 Å². The number of ether oxygens (including phenoxy) is 2. The van der Waals surface area contributed by atoms with Crippen LogP contribution < -0.4 is 15.0 Å². The first-order valence-corrected chi connectivity index (χ1v) is 6.68. The summed E-state index contributed by atoms with van der Waals surface area (Å²) < 4.78 is 10.5. The van der Waals surface area contributed by atoms with Crippen molar-refractivity contribution in [1.82, 2.24) is 5.48 Å². The Hall–Kier alpha value is -3.06. The number of carbonyl (C=O) groups is 2. The van der Waals surface area contributed by atoms with Gasteiger partial charge < -0.3 is 14.6 Å². The van der Waals surface area contributed by atoms with Gasteiger partial charge in [-0.15, -0.1) is 0 Å². The maximum Gasteiger partial charge on any atom is 0.308 e.